The van der Waals surface area contributed by atoms with Crippen LogP contribution in [0.25, 0.3) is 0 Å². The summed E-state index contributed by atoms with van der Waals surface area (Å²) in [6.45, 7) is 11.4. The second-order valence-corrected chi connectivity index (χ2v) is 9.99. The minimum absolute atomic E-state index is 0.386. The first-order valence-electron chi connectivity index (χ1n) is 11.5. The smallest absolute Gasteiger partial charge is 0.256 e. The maximum atomic E-state index is 6.16. The highest BCUT2D eigenvalue weighted by molar-refractivity contribution is 5.73. The lowest BCUT2D eigenvalue weighted by Gasteiger charge is -2.48. The number of allylic oxidation sites excluding steroid dienone is 5. The van der Waals surface area contributed by atoms with Crippen molar-refractivity contribution >= 4 is 17.3 Å². The number of anilines is 2. The van der Waals surface area contributed by atoms with Crippen LogP contribution in [0.15, 0.2) is 41.3 Å². The summed E-state index contributed by atoms with van der Waals surface area (Å²) in [5, 5.41) is 0. The molecule has 4 atom stereocenters. The molecule has 1 aromatic heterocycles. The molecule has 1 aromatic rings. The fourth-order valence-corrected chi connectivity index (χ4v) is 5.79. The molecule has 0 saturated heterocycles. The highest BCUT2D eigenvalue weighted by atomic mass is 15.4. The van der Waals surface area contributed by atoms with Gasteiger partial charge in [-0.05, 0) is 68.8 Å². The number of rotatable bonds is 5. The molecule has 2 heterocycles. The average molecular weight is 409 g/mol. The van der Waals surface area contributed by atoms with E-state index in [1.54, 1.807) is 11.9 Å². The third kappa shape index (κ3) is 3.68. The second kappa shape index (κ2) is 8.18. The lowest BCUT2D eigenvalue weighted by Crippen LogP contribution is -3.03. The Labute approximate surface area is 181 Å². The molecular formula is C25H38N5+. The second-order valence-electron chi connectivity index (χ2n) is 9.99. The van der Waals surface area contributed by atoms with Crippen molar-refractivity contribution in [3.05, 3.63) is 41.3 Å². The summed E-state index contributed by atoms with van der Waals surface area (Å²) in [7, 11) is 2.14. The lowest BCUT2D eigenvalue weighted by molar-refractivity contribution is -0.805. The van der Waals surface area contributed by atoms with Crippen LogP contribution in [0.2, 0.25) is 0 Å². The van der Waals surface area contributed by atoms with Crippen LogP contribution in [-0.2, 0) is 0 Å². The van der Waals surface area contributed by atoms with E-state index in [4.69, 9.17) is 5.73 Å². The number of fused-ring (bicyclic) bond motifs is 2. The number of nitrogens with two attached hydrogens (primary N) is 1. The Hall–Kier alpha value is -2.14. The van der Waals surface area contributed by atoms with Crippen molar-refractivity contribution in [2.45, 2.75) is 59.8 Å². The molecule has 3 N–H and O–H groups in total. The molecule has 30 heavy (non-hydrogen) atoms. The van der Waals surface area contributed by atoms with E-state index in [-0.39, 0.29) is 0 Å². The number of nitrogen functional groups attached to an aromatic ring is 1. The van der Waals surface area contributed by atoms with E-state index >= 15 is 0 Å². The maximum absolute atomic E-state index is 6.16. The first-order chi connectivity index (χ1) is 14.3. The Morgan fingerprint density at radius 1 is 1.37 bits per heavy atom. The number of quaternary nitrogens is 1. The first kappa shape index (κ1) is 21.1. The van der Waals surface area contributed by atoms with E-state index in [2.05, 4.69) is 67.8 Å². The van der Waals surface area contributed by atoms with Gasteiger partial charge in [0.25, 0.3) is 5.82 Å². The van der Waals surface area contributed by atoms with Crippen molar-refractivity contribution < 1.29 is 4.90 Å². The topological polar surface area (TPSA) is 59.5 Å². The normalized spacial score (nSPS) is 31.2. The fourth-order valence-electron chi connectivity index (χ4n) is 5.79. The van der Waals surface area contributed by atoms with Gasteiger partial charge >= 0.3 is 0 Å². The van der Waals surface area contributed by atoms with E-state index < -0.39 is 0 Å². The Balaban J connectivity index is 1.43. The van der Waals surface area contributed by atoms with Gasteiger partial charge in [-0.25, -0.2) is 4.98 Å². The molecule has 1 aliphatic heterocycles. The largest absolute Gasteiger partial charge is 0.382 e. The van der Waals surface area contributed by atoms with E-state index in [1.807, 2.05) is 0 Å². The molecule has 5 heteroatoms. The summed E-state index contributed by atoms with van der Waals surface area (Å²) in [6, 6.07) is 0. The number of hydrogen-bond donors (Lipinski definition) is 2. The number of nitrogens with one attached hydrogen (secondary N) is 1. The number of hydrogen-bond acceptors (Lipinski definition) is 4. The third-order valence-electron chi connectivity index (χ3n) is 8.07. The molecule has 3 aliphatic rings. The molecule has 0 bridgehead atoms. The number of aromatic nitrogens is 2. The van der Waals surface area contributed by atoms with Gasteiger partial charge in [-0.2, -0.15) is 4.98 Å². The zero-order valence-corrected chi connectivity index (χ0v) is 19.3. The van der Waals surface area contributed by atoms with Crippen LogP contribution in [0, 0.1) is 17.3 Å². The van der Waals surface area contributed by atoms with Crippen molar-refractivity contribution in [2.24, 2.45) is 17.3 Å². The Bertz CT molecular complexity index is 899. The van der Waals surface area contributed by atoms with Crippen molar-refractivity contribution in [2.75, 3.05) is 30.9 Å². The van der Waals surface area contributed by atoms with Crippen LogP contribution in [-0.4, -0.2) is 30.2 Å². The van der Waals surface area contributed by atoms with Gasteiger partial charge < -0.3 is 10.6 Å². The minimum atomic E-state index is 0.386. The summed E-state index contributed by atoms with van der Waals surface area (Å²) >= 11 is 0. The molecule has 4 unspecified atom stereocenters. The molecular weight excluding hydrogens is 370 g/mol. The molecule has 0 aromatic carbocycles. The van der Waals surface area contributed by atoms with E-state index in [9.17, 15) is 0 Å². The molecule has 0 radical (unpaired) electrons. The van der Waals surface area contributed by atoms with E-state index in [0.717, 1.165) is 43.0 Å². The molecule has 162 valence electrons. The average Bonchev–Trinajstić information content (AvgIpc) is 3.05. The SMILES string of the molecule is CC(=CCN1C[NH+](C)c2ncnc(N)c21)CCC1(C)C(C)CC=C2C(C)=CCCC21. The Morgan fingerprint density at radius 2 is 2.17 bits per heavy atom. The molecule has 2 aliphatic carbocycles. The summed E-state index contributed by atoms with van der Waals surface area (Å²) < 4.78 is 0. The van der Waals surface area contributed by atoms with Crippen molar-refractivity contribution in [3.63, 3.8) is 0 Å². The Morgan fingerprint density at radius 3 is 2.97 bits per heavy atom. The molecule has 4 rings (SSSR count). The molecule has 0 spiro atoms. The van der Waals surface area contributed by atoms with Gasteiger partial charge in [0.05, 0.1) is 7.05 Å². The van der Waals surface area contributed by atoms with Gasteiger partial charge in [0, 0.05) is 6.54 Å². The van der Waals surface area contributed by atoms with Gasteiger partial charge in [-0.3, -0.25) is 4.90 Å². The van der Waals surface area contributed by atoms with Gasteiger partial charge in [-0.15, -0.1) is 0 Å². The van der Waals surface area contributed by atoms with Crippen LogP contribution < -0.4 is 15.5 Å². The molecule has 0 amide bonds. The van der Waals surface area contributed by atoms with Crippen LogP contribution in [0.3, 0.4) is 0 Å². The first-order valence-corrected chi connectivity index (χ1v) is 11.5. The van der Waals surface area contributed by atoms with Gasteiger partial charge in [0.15, 0.2) is 18.2 Å². The lowest BCUT2D eigenvalue weighted by atomic mass is 9.56. The molecule has 0 saturated carbocycles. The van der Waals surface area contributed by atoms with Crippen molar-refractivity contribution in [1.29, 1.82) is 0 Å². The van der Waals surface area contributed by atoms with E-state index in [1.165, 1.54) is 41.7 Å². The van der Waals surface area contributed by atoms with Gasteiger partial charge in [0.1, 0.15) is 6.33 Å². The molecule has 5 nitrogen and oxygen atoms in total. The summed E-state index contributed by atoms with van der Waals surface area (Å²) in [5.41, 5.74) is 12.2. The zero-order chi connectivity index (χ0) is 21.5. The molecule has 0 fully saturated rings. The quantitative estimate of drug-likeness (QED) is 0.722. The fraction of sp³-hybridized carbons (Fsp3) is 0.600. The Kier molecular flexibility index (Phi) is 5.75. The van der Waals surface area contributed by atoms with Crippen molar-refractivity contribution in [3.8, 4) is 0 Å². The van der Waals surface area contributed by atoms with Gasteiger partial charge in [0.2, 0.25) is 0 Å². The minimum Gasteiger partial charge on any atom is -0.382 e. The predicted molar refractivity (Wildman–Crippen MR) is 125 cm³/mol. The van der Waals surface area contributed by atoms with Gasteiger partial charge in [-0.1, -0.05) is 43.2 Å². The van der Waals surface area contributed by atoms with Crippen LogP contribution in [0.5, 0.6) is 0 Å². The monoisotopic (exact) mass is 408 g/mol. The third-order valence-corrected chi connectivity index (χ3v) is 8.07. The summed E-state index contributed by atoms with van der Waals surface area (Å²) in [6.07, 6.45) is 15.1. The number of nitrogens with zero attached hydrogens (tertiary/aromatic N) is 3. The standard InChI is InChI=1S/C25H37N5/c1-17(12-14-30-16-29(5)24-22(30)23(26)27-15-28-24)11-13-25(4)19(3)9-10-20-18(2)7-6-8-21(20)25/h7,10,12,15,19,21H,6,8-9,11,13-14,16H2,1-5H3,(H2,26,27,28)/p+1. The highest BCUT2D eigenvalue weighted by Gasteiger charge is 2.43. The summed E-state index contributed by atoms with van der Waals surface area (Å²) in [5.74, 6) is 3.06. The van der Waals surface area contributed by atoms with Crippen LogP contribution in [0.4, 0.5) is 17.3 Å². The van der Waals surface area contributed by atoms with Crippen LogP contribution >= 0.6 is 0 Å². The highest BCUT2D eigenvalue weighted by Crippen LogP contribution is 2.53. The van der Waals surface area contributed by atoms with Crippen molar-refractivity contribution in [1.82, 2.24) is 9.97 Å². The van der Waals surface area contributed by atoms with E-state index in [0.29, 0.717) is 11.2 Å². The summed E-state index contributed by atoms with van der Waals surface area (Å²) in [4.78, 5) is 12.2. The zero-order valence-electron chi connectivity index (χ0n) is 19.3. The predicted octanol–water partition coefficient (Wildman–Crippen LogP) is 4.04. The maximum Gasteiger partial charge on any atom is 0.256 e. The van der Waals surface area contributed by atoms with Crippen LogP contribution in [0.1, 0.15) is 59.8 Å².